The largest absolute Gasteiger partial charge is 0.513 e. The number of methoxy groups -OCH3 is 2. The van der Waals surface area contributed by atoms with Gasteiger partial charge in [0.05, 0.1) is 25.7 Å². The summed E-state index contributed by atoms with van der Waals surface area (Å²) in [7, 11) is 2.18. The summed E-state index contributed by atoms with van der Waals surface area (Å²) >= 11 is 0. The van der Waals surface area contributed by atoms with Gasteiger partial charge in [0.15, 0.2) is 11.5 Å². The Balaban J connectivity index is 3.32. The van der Waals surface area contributed by atoms with Gasteiger partial charge >= 0.3 is 24.2 Å². The van der Waals surface area contributed by atoms with E-state index in [1.54, 1.807) is 27.7 Å². The summed E-state index contributed by atoms with van der Waals surface area (Å²) in [6.45, 7) is 6.70. The first-order valence-corrected chi connectivity index (χ1v) is 9.65. The monoisotopic (exact) mass is 455 g/mol. The molecule has 0 saturated carbocycles. The molecule has 0 aliphatic carbocycles. The fourth-order valence-corrected chi connectivity index (χ4v) is 2.61. The van der Waals surface area contributed by atoms with E-state index in [2.05, 4.69) is 9.47 Å². The molecule has 32 heavy (non-hydrogen) atoms. The molecule has 0 aliphatic heterocycles. The van der Waals surface area contributed by atoms with Crippen molar-refractivity contribution in [3.63, 3.8) is 0 Å². The predicted octanol–water partition coefficient (Wildman–Crippen LogP) is 2.84. The maximum atomic E-state index is 12.2. The van der Waals surface area contributed by atoms with E-state index in [9.17, 15) is 24.3 Å². The number of aliphatic carboxylic acids is 1. The van der Waals surface area contributed by atoms with Crippen LogP contribution in [0.4, 0.5) is 9.59 Å². The van der Waals surface area contributed by atoms with Crippen molar-refractivity contribution in [2.75, 3.05) is 14.2 Å². The molecule has 11 nitrogen and oxygen atoms in total. The molecule has 0 aliphatic rings. The number of hydrogen-bond donors (Lipinski definition) is 2. The SMILES string of the molecule is COC(=O)Oc1ccc(C(CC(C)OC(=O)C(C)(C)C)[C@H](N)C(=O)O)cc1OC(=O)OC. The number of ether oxygens (including phenoxy) is 5. The van der Waals surface area contributed by atoms with Crippen molar-refractivity contribution in [3.05, 3.63) is 23.8 Å². The lowest BCUT2D eigenvalue weighted by Crippen LogP contribution is -2.39. The Morgan fingerprint density at radius 1 is 1.00 bits per heavy atom. The van der Waals surface area contributed by atoms with Gasteiger partial charge in [0.25, 0.3) is 0 Å². The maximum Gasteiger partial charge on any atom is 0.513 e. The van der Waals surface area contributed by atoms with Crippen LogP contribution < -0.4 is 15.2 Å². The van der Waals surface area contributed by atoms with Crippen molar-refractivity contribution in [2.24, 2.45) is 11.1 Å². The van der Waals surface area contributed by atoms with Crippen LogP contribution in [0, 0.1) is 5.41 Å². The number of hydrogen-bond acceptors (Lipinski definition) is 10. The fourth-order valence-electron chi connectivity index (χ4n) is 2.61. The number of carbonyl (C=O) groups excluding carboxylic acids is 3. The molecule has 0 fully saturated rings. The number of nitrogens with two attached hydrogens (primary N) is 1. The molecule has 3 N–H and O–H groups in total. The van der Waals surface area contributed by atoms with Crippen LogP contribution in [-0.4, -0.2) is 55.7 Å². The van der Waals surface area contributed by atoms with Crippen LogP contribution in [0.3, 0.4) is 0 Å². The van der Waals surface area contributed by atoms with E-state index >= 15 is 0 Å². The topological polar surface area (TPSA) is 161 Å². The highest BCUT2D eigenvalue weighted by Gasteiger charge is 2.32. The van der Waals surface area contributed by atoms with Crippen LogP contribution in [0.5, 0.6) is 11.5 Å². The van der Waals surface area contributed by atoms with E-state index in [4.69, 9.17) is 19.9 Å². The highest BCUT2D eigenvalue weighted by molar-refractivity contribution is 5.76. The molecule has 0 aromatic heterocycles. The van der Waals surface area contributed by atoms with E-state index in [0.717, 1.165) is 14.2 Å². The fraction of sp³-hybridized carbons (Fsp3) is 0.524. The first-order chi connectivity index (χ1) is 14.8. The lowest BCUT2D eigenvalue weighted by molar-refractivity contribution is -0.158. The minimum Gasteiger partial charge on any atom is -0.480 e. The van der Waals surface area contributed by atoms with E-state index in [0.29, 0.717) is 5.56 Å². The minimum atomic E-state index is -1.37. The second-order valence-corrected chi connectivity index (χ2v) is 7.99. The number of benzene rings is 1. The summed E-state index contributed by atoms with van der Waals surface area (Å²) in [4.78, 5) is 46.9. The molecule has 11 heteroatoms. The third-order valence-corrected chi connectivity index (χ3v) is 4.34. The number of rotatable bonds is 8. The van der Waals surface area contributed by atoms with Crippen LogP contribution in [0.1, 0.15) is 45.6 Å². The zero-order valence-corrected chi connectivity index (χ0v) is 18.9. The lowest BCUT2D eigenvalue weighted by atomic mass is 9.86. The van der Waals surface area contributed by atoms with Gasteiger partial charge in [0.2, 0.25) is 0 Å². The van der Waals surface area contributed by atoms with E-state index in [-0.39, 0.29) is 17.9 Å². The Morgan fingerprint density at radius 3 is 2.00 bits per heavy atom. The lowest BCUT2D eigenvalue weighted by Gasteiger charge is -2.27. The summed E-state index contributed by atoms with van der Waals surface area (Å²) in [5.41, 5.74) is 5.50. The summed E-state index contributed by atoms with van der Waals surface area (Å²) < 4.78 is 24.3. The van der Waals surface area contributed by atoms with Crippen molar-refractivity contribution in [1.82, 2.24) is 0 Å². The molecule has 0 bridgehead atoms. The molecular weight excluding hydrogens is 426 g/mol. The van der Waals surface area contributed by atoms with Crippen molar-refractivity contribution in [1.29, 1.82) is 0 Å². The van der Waals surface area contributed by atoms with Gasteiger partial charge in [0.1, 0.15) is 6.04 Å². The van der Waals surface area contributed by atoms with E-state index in [1.165, 1.54) is 18.2 Å². The molecule has 3 atom stereocenters. The number of carboxylic acids is 1. The van der Waals surface area contributed by atoms with Crippen LogP contribution in [0.25, 0.3) is 0 Å². The predicted molar refractivity (Wildman–Crippen MR) is 110 cm³/mol. The average molecular weight is 455 g/mol. The van der Waals surface area contributed by atoms with Crippen molar-refractivity contribution >= 4 is 24.2 Å². The van der Waals surface area contributed by atoms with Gasteiger partial charge in [0, 0.05) is 5.92 Å². The molecule has 1 aromatic carbocycles. The Morgan fingerprint density at radius 2 is 1.53 bits per heavy atom. The Kier molecular flexibility index (Phi) is 9.45. The number of carboxylic acid groups (broad SMARTS) is 1. The van der Waals surface area contributed by atoms with Crippen LogP contribution in [0.15, 0.2) is 18.2 Å². The smallest absolute Gasteiger partial charge is 0.480 e. The van der Waals surface area contributed by atoms with Gasteiger partial charge in [-0.15, -0.1) is 0 Å². The normalized spacial score (nSPS) is 13.8. The van der Waals surface area contributed by atoms with Gasteiger partial charge in [-0.3, -0.25) is 9.59 Å². The Hall–Kier alpha value is -3.34. The zero-order valence-electron chi connectivity index (χ0n) is 18.9. The van der Waals surface area contributed by atoms with Crippen molar-refractivity contribution in [3.8, 4) is 11.5 Å². The standard InChI is InChI=1S/C21H29NO10/c1-11(30-18(25)21(2,3)4)9-13(16(22)17(23)24)12-7-8-14(31-19(26)28-5)15(10-12)32-20(27)29-6/h7-8,10-11,13,16H,9,22H2,1-6H3,(H,23,24)/t11?,13?,16-/m0/s1. The van der Waals surface area contributed by atoms with Gasteiger partial charge < -0.3 is 34.5 Å². The van der Waals surface area contributed by atoms with Gasteiger partial charge in [-0.2, -0.15) is 0 Å². The molecule has 1 aromatic rings. The summed E-state index contributed by atoms with van der Waals surface area (Å²) in [6.07, 6.45) is -2.77. The van der Waals surface area contributed by atoms with Gasteiger partial charge in [-0.1, -0.05) is 6.07 Å². The highest BCUT2D eigenvalue weighted by Crippen LogP contribution is 2.35. The molecular formula is C21H29NO10. The summed E-state index contributed by atoms with van der Waals surface area (Å²) in [5.74, 6) is -2.97. The Labute approximate surface area is 185 Å². The van der Waals surface area contributed by atoms with Crippen molar-refractivity contribution in [2.45, 2.75) is 52.2 Å². The maximum absolute atomic E-state index is 12.2. The molecule has 1 rings (SSSR count). The van der Waals surface area contributed by atoms with Gasteiger partial charge in [-0.25, -0.2) is 9.59 Å². The molecule has 0 radical (unpaired) electrons. The van der Waals surface area contributed by atoms with Crippen LogP contribution in [-0.2, 0) is 23.8 Å². The third-order valence-electron chi connectivity index (χ3n) is 4.34. The summed E-state index contributed by atoms with van der Waals surface area (Å²) in [6, 6.07) is 2.66. The second-order valence-electron chi connectivity index (χ2n) is 7.99. The summed E-state index contributed by atoms with van der Waals surface area (Å²) in [5, 5.41) is 9.47. The second kappa shape index (κ2) is 11.3. The quantitative estimate of drug-likeness (QED) is 0.337. The van der Waals surface area contributed by atoms with E-state index in [1.807, 2.05) is 0 Å². The molecule has 178 valence electrons. The third kappa shape index (κ3) is 7.73. The van der Waals surface area contributed by atoms with Crippen LogP contribution in [0.2, 0.25) is 0 Å². The van der Waals surface area contributed by atoms with Crippen LogP contribution >= 0.6 is 0 Å². The Bertz CT molecular complexity index is 845. The molecule has 0 amide bonds. The molecule has 0 heterocycles. The first kappa shape index (κ1) is 26.7. The molecule has 0 spiro atoms. The highest BCUT2D eigenvalue weighted by atomic mass is 16.7. The number of esters is 1. The minimum absolute atomic E-state index is 0.0597. The average Bonchev–Trinajstić information content (AvgIpc) is 2.71. The molecule has 2 unspecified atom stereocenters. The van der Waals surface area contributed by atoms with E-state index < -0.39 is 47.7 Å². The first-order valence-electron chi connectivity index (χ1n) is 9.65. The molecule has 0 saturated heterocycles. The number of carbonyl (C=O) groups is 4. The van der Waals surface area contributed by atoms with Gasteiger partial charge in [-0.05, 0) is 51.8 Å². The van der Waals surface area contributed by atoms with Crippen molar-refractivity contribution < 1.29 is 48.0 Å². The zero-order chi connectivity index (χ0) is 24.6.